The molecule has 0 fully saturated rings. The molecule has 2 aromatic rings. The Kier molecular flexibility index (Phi) is 5.31. The molecule has 0 saturated heterocycles. The monoisotopic (exact) mass is 297 g/mol. The Morgan fingerprint density at radius 1 is 1.18 bits per heavy atom. The van der Waals surface area contributed by atoms with Gasteiger partial charge in [0.15, 0.2) is 0 Å². The fourth-order valence-electron chi connectivity index (χ4n) is 2.32. The van der Waals surface area contributed by atoms with Crippen LogP contribution < -0.4 is 5.32 Å². The van der Waals surface area contributed by atoms with Crippen LogP contribution in [0, 0.1) is 0 Å². The third-order valence-electron chi connectivity index (χ3n) is 3.47. The predicted octanol–water partition coefficient (Wildman–Crippen LogP) is 2.92. The molecule has 0 spiro atoms. The van der Waals surface area contributed by atoms with Gasteiger partial charge in [0.2, 0.25) is 5.91 Å². The molecule has 4 nitrogen and oxygen atoms in total. The molecule has 2 aromatic carbocycles. The Labute approximate surface area is 129 Å². The second-order valence-electron chi connectivity index (χ2n) is 5.18. The molecule has 1 amide bonds. The number of rotatable bonds is 7. The molecule has 0 unspecified atom stereocenters. The highest BCUT2D eigenvalue weighted by atomic mass is 16.4. The standard InChI is InChI=1S/C18H19NO3/c1-2-3-8-16(18(21)22)19-17(20)12-13-9-10-14-6-4-5-7-15(14)11-13/h2,4-7,9-11,16H,1,3,8,12H2,(H,19,20)(H,21,22)/t16-/m0/s1. The van der Waals surface area contributed by atoms with Crippen LogP contribution in [-0.4, -0.2) is 23.0 Å². The first-order valence-electron chi connectivity index (χ1n) is 7.21. The van der Waals surface area contributed by atoms with E-state index in [2.05, 4.69) is 11.9 Å². The number of allylic oxidation sites excluding steroid dienone is 1. The Balaban J connectivity index is 2.02. The SMILES string of the molecule is C=CCC[C@H](NC(=O)Cc1ccc2ccccc2c1)C(=O)O. The topological polar surface area (TPSA) is 66.4 Å². The number of hydrogen-bond donors (Lipinski definition) is 2. The molecule has 0 aliphatic carbocycles. The highest BCUT2D eigenvalue weighted by Gasteiger charge is 2.18. The number of amides is 1. The number of aliphatic carboxylic acids is 1. The van der Waals surface area contributed by atoms with Crippen LogP contribution in [0.5, 0.6) is 0 Å². The highest BCUT2D eigenvalue weighted by Crippen LogP contribution is 2.16. The maximum atomic E-state index is 12.0. The lowest BCUT2D eigenvalue weighted by molar-refractivity contribution is -0.141. The van der Waals surface area contributed by atoms with E-state index in [9.17, 15) is 9.59 Å². The van der Waals surface area contributed by atoms with E-state index in [0.717, 1.165) is 16.3 Å². The summed E-state index contributed by atoms with van der Waals surface area (Å²) in [5, 5.41) is 13.8. The second kappa shape index (κ2) is 7.41. The number of carbonyl (C=O) groups is 2. The zero-order valence-corrected chi connectivity index (χ0v) is 12.3. The van der Waals surface area contributed by atoms with E-state index in [0.29, 0.717) is 12.8 Å². The van der Waals surface area contributed by atoms with Crippen molar-refractivity contribution in [1.82, 2.24) is 5.32 Å². The minimum Gasteiger partial charge on any atom is -0.480 e. The normalized spacial score (nSPS) is 11.8. The van der Waals surface area contributed by atoms with E-state index in [4.69, 9.17) is 5.11 Å². The molecule has 0 radical (unpaired) electrons. The average Bonchev–Trinajstić information content (AvgIpc) is 2.51. The second-order valence-corrected chi connectivity index (χ2v) is 5.18. The summed E-state index contributed by atoms with van der Waals surface area (Å²) in [6.45, 7) is 3.56. The van der Waals surface area contributed by atoms with Crippen molar-refractivity contribution in [1.29, 1.82) is 0 Å². The third kappa shape index (κ3) is 4.19. The van der Waals surface area contributed by atoms with Crippen molar-refractivity contribution >= 4 is 22.6 Å². The average molecular weight is 297 g/mol. The Morgan fingerprint density at radius 3 is 2.59 bits per heavy atom. The third-order valence-corrected chi connectivity index (χ3v) is 3.47. The van der Waals surface area contributed by atoms with Gasteiger partial charge < -0.3 is 10.4 Å². The molecule has 4 heteroatoms. The van der Waals surface area contributed by atoms with Crippen LogP contribution in [0.15, 0.2) is 55.1 Å². The van der Waals surface area contributed by atoms with Crippen LogP contribution >= 0.6 is 0 Å². The first-order chi connectivity index (χ1) is 10.6. The lowest BCUT2D eigenvalue weighted by Crippen LogP contribution is -2.41. The molecular weight excluding hydrogens is 278 g/mol. The van der Waals surface area contributed by atoms with Gasteiger partial charge >= 0.3 is 5.97 Å². The van der Waals surface area contributed by atoms with E-state index in [1.807, 2.05) is 42.5 Å². The summed E-state index contributed by atoms with van der Waals surface area (Å²) in [5.74, 6) is -1.31. The molecule has 0 aromatic heterocycles. The number of hydrogen-bond acceptors (Lipinski definition) is 2. The van der Waals surface area contributed by atoms with Crippen LogP contribution in [0.25, 0.3) is 10.8 Å². The van der Waals surface area contributed by atoms with Gasteiger partial charge in [-0.3, -0.25) is 4.79 Å². The maximum absolute atomic E-state index is 12.0. The largest absolute Gasteiger partial charge is 0.480 e. The summed E-state index contributed by atoms with van der Waals surface area (Å²) in [7, 11) is 0. The Hall–Kier alpha value is -2.62. The molecule has 0 aliphatic heterocycles. The zero-order valence-electron chi connectivity index (χ0n) is 12.3. The molecule has 2 rings (SSSR count). The van der Waals surface area contributed by atoms with Crippen molar-refractivity contribution in [2.45, 2.75) is 25.3 Å². The summed E-state index contributed by atoms with van der Waals surface area (Å²) >= 11 is 0. The fourth-order valence-corrected chi connectivity index (χ4v) is 2.32. The number of fused-ring (bicyclic) bond motifs is 1. The molecule has 2 N–H and O–H groups in total. The molecular formula is C18H19NO3. The van der Waals surface area contributed by atoms with Crippen LogP contribution in [0.1, 0.15) is 18.4 Å². The summed E-state index contributed by atoms with van der Waals surface area (Å²) in [6, 6.07) is 12.8. The van der Waals surface area contributed by atoms with Gasteiger partial charge in [0.1, 0.15) is 6.04 Å². The first kappa shape index (κ1) is 15.8. The van der Waals surface area contributed by atoms with Gasteiger partial charge in [-0.2, -0.15) is 0 Å². The summed E-state index contributed by atoms with van der Waals surface area (Å²) in [5.41, 5.74) is 0.865. The smallest absolute Gasteiger partial charge is 0.326 e. The lowest BCUT2D eigenvalue weighted by Gasteiger charge is -2.13. The van der Waals surface area contributed by atoms with Crippen molar-refractivity contribution in [3.8, 4) is 0 Å². The zero-order chi connectivity index (χ0) is 15.9. The minimum absolute atomic E-state index is 0.169. The van der Waals surface area contributed by atoms with Gasteiger partial charge in [0.05, 0.1) is 6.42 Å². The Bertz CT molecular complexity index is 694. The summed E-state index contributed by atoms with van der Waals surface area (Å²) in [6.07, 6.45) is 2.71. The number of carboxylic acids is 1. The van der Waals surface area contributed by atoms with Gasteiger partial charge in [-0.1, -0.05) is 48.5 Å². The van der Waals surface area contributed by atoms with E-state index < -0.39 is 12.0 Å². The predicted molar refractivity (Wildman–Crippen MR) is 86.6 cm³/mol. The van der Waals surface area contributed by atoms with Gasteiger partial charge in [-0.05, 0) is 29.2 Å². The van der Waals surface area contributed by atoms with Crippen molar-refractivity contribution in [2.24, 2.45) is 0 Å². The molecule has 0 bridgehead atoms. The first-order valence-corrected chi connectivity index (χ1v) is 7.21. The van der Waals surface area contributed by atoms with Crippen LogP contribution in [0.3, 0.4) is 0 Å². The molecule has 1 atom stereocenters. The van der Waals surface area contributed by atoms with E-state index in [1.54, 1.807) is 6.08 Å². The van der Waals surface area contributed by atoms with Gasteiger partial charge in [-0.15, -0.1) is 6.58 Å². The Morgan fingerprint density at radius 2 is 1.91 bits per heavy atom. The van der Waals surface area contributed by atoms with Crippen molar-refractivity contribution in [2.75, 3.05) is 0 Å². The van der Waals surface area contributed by atoms with Crippen molar-refractivity contribution < 1.29 is 14.7 Å². The van der Waals surface area contributed by atoms with E-state index in [1.165, 1.54) is 0 Å². The fraction of sp³-hybridized carbons (Fsp3) is 0.222. The quantitative estimate of drug-likeness (QED) is 0.772. The molecule has 0 heterocycles. The number of nitrogens with one attached hydrogen (secondary N) is 1. The van der Waals surface area contributed by atoms with E-state index >= 15 is 0 Å². The number of carbonyl (C=O) groups excluding carboxylic acids is 1. The van der Waals surface area contributed by atoms with Gasteiger partial charge in [0.25, 0.3) is 0 Å². The number of benzene rings is 2. The van der Waals surface area contributed by atoms with Crippen LogP contribution in [-0.2, 0) is 16.0 Å². The van der Waals surface area contributed by atoms with Gasteiger partial charge in [-0.25, -0.2) is 4.79 Å². The molecule has 0 aliphatic rings. The summed E-state index contributed by atoms with van der Waals surface area (Å²) in [4.78, 5) is 23.1. The van der Waals surface area contributed by atoms with Crippen LogP contribution in [0.2, 0.25) is 0 Å². The van der Waals surface area contributed by atoms with Crippen molar-refractivity contribution in [3.05, 3.63) is 60.7 Å². The van der Waals surface area contributed by atoms with Gasteiger partial charge in [0, 0.05) is 0 Å². The minimum atomic E-state index is -1.02. The maximum Gasteiger partial charge on any atom is 0.326 e. The van der Waals surface area contributed by atoms with Crippen LogP contribution in [0.4, 0.5) is 0 Å². The van der Waals surface area contributed by atoms with Crippen molar-refractivity contribution in [3.63, 3.8) is 0 Å². The number of carboxylic acid groups (broad SMARTS) is 1. The molecule has 22 heavy (non-hydrogen) atoms. The van der Waals surface area contributed by atoms with E-state index in [-0.39, 0.29) is 12.3 Å². The summed E-state index contributed by atoms with van der Waals surface area (Å²) < 4.78 is 0. The molecule has 0 saturated carbocycles. The molecule has 114 valence electrons. The highest BCUT2D eigenvalue weighted by molar-refractivity contribution is 5.87. The lowest BCUT2D eigenvalue weighted by atomic mass is 10.0.